The molecule has 1 amide bonds. The summed E-state index contributed by atoms with van der Waals surface area (Å²) in [7, 11) is 0. The minimum atomic E-state index is -0.845. The summed E-state index contributed by atoms with van der Waals surface area (Å²) in [6, 6.07) is -0.628. The molecular weight excluding hydrogens is 1100 g/mol. The summed E-state index contributed by atoms with van der Waals surface area (Å²) >= 11 is 0. The largest absolute Gasteiger partial charge is 0.466 e. The average Bonchev–Trinajstić information content (AvgIpc) is 3.58. The number of amides is 1. The number of rotatable bonds is 78. The molecule has 6 heteroatoms. The van der Waals surface area contributed by atoms with Crippen molar-refractivity contribution in [1.82, 2.24) is 5.32 Å². The van der Waals surface area contributed by atoms with Crippen molar-refractivity contribution in [2.24, 2.45) is 0 Å². The molecule has 6 nitrogen and oxygen atoms in total. The zero-order valence-electron chi connectivity index (χ0n) is 61.1. The number of allylic oxidation sites excluding steroid dienone is 5. The Bertz CT molecular complexity index is 1460. The first-order valence-corrected chi connectivity index (χ1v) is 41.3. The normalized spacial score (nSPS) is 12.6. The first kappa shape index (κ1) is 88.1. The van der Waals surface area contributed by atoms with Gasteiger partial charge in [-0.1, -0.05) is 423 Å². The molecule has 0 aliphatic heterocycles. The van der Waals surface area contributed by atoms with Gasteiger partial charge in [0.25, 0.3) is 0 Å². The standard InChI is InChI=1S/C84H161NO5/c1-3-5-7-9-11-13-15-17-19-20-21-22-36-39-42-45-49-52-56-60-64-68-72-76-82(87)81(80-86)85-83(88)77-73-69-65-61-57-53-50-46-43-40-37-34-32-30-28-26-24-23-25-27-29-31-33-35-38-41-44-47-51-55-59-63-67-71-75-79-90-84(89)78-74-70-66-62-58-54-48-18-16-14-12-10-8-6-4-2/h25,27,31,33,72,76,81-82,86-87H,3-24,26,28-30,32,34-71,73-75,77-80H2,1-2H3,(H,85,88)/b27-25-,33-31-,76-72+. The van der Waals surface area contributed by atoms with Gasteiger partial charge in [-0.3, -0.25) is 9.59 Å². The van der Waals surface area contributed by atoms with Crippen molar-refractivity contribution in [3.63, 3.8) is 0 Å². The number of aliphatic hydroxyl groups is 2. The second-order valence-corrected chi connectivity index (χ2v) is 28.5. The molecule has 90 heavy (non-hydrogen) atoms. The third-order valence-electron chi connectivity index (χ3n) is 19.4. The fourth-order valence-corrected chi connectivity index (χ4v) is 13.1. The van der Waals surface area contributed by atoms with Crippen molar-refractivity contribution in [1.29, 1.82) is 0 Å². The van der Waals surface area contributed by atoms with Crippen molar-refractivity contribution >= 4 is 11.9 Å². The van der Waals surface area contributed by atoms with Crippen LogP contribution >= 0.6 is 0 Å². The molecule has 2 atom stereocenters. The highest BCUT2D eigenvalue weighted by Gasteiger charge is 2.18. The molecule has 0 radical (unpaired) electrons. The van der Waals surface area contributed by atoms with Gasteiger partial charge >= 0.3 is 5.97 Å². The highest BCUT2D eigenvalue weighted by Crippen LogP contribution is 2.20. The zero-order chi connectivity index (χ0) is 64.9. The number of aliphatic hydroxyl groups excluding tert-OH is 2. The van der Waals surface area contributed by atoms with Gasteiger partial charge in [-0.05, 0) is 64.2 Å². The summed E-state index contributed by atoms with van der Waals surface area (Å²) < 4.78 is 5.50. The summed E-state index contributed by atoms with van der Waals surface area (Å²) in [6.45, 7) is 4.96. The minimum absolute atomic E-state index is 0.0203. The molecule has 0 rings (SSSR count). The lowest BCUT2D eigenvalue weighted by atomic mass is 10.0. The third-order valence-corrected chi connectivity index (χ3v) is 19.4. The second kappa shape index (κ2) is 79.5. The molecule has 3 N–H and O–H groups in total. The minimum Gasteiger partial charge on any atom is -0.466 e. The van der Waals surface area contributed by atoms with Crippen LogP contribution in [0.25, 0.3) is 0 Å². The van der Waals surface area contributed by atoms with Gasteiger partial charge in [0.2, 0.25) is 5.91 Å². The SMILES string of the molecule is CCCCCCCCCCCCCCCCCCCCCCC/C=C/C(O)C(CO)NC(=O)CCCCCCCCCCCCCCCCCCC/C=C\C/C=C\CCCCCCCCCCCCCOC(=O)CCCCCCCCCCCCCCCCC. The van der Waals surface area contributed by atoms with Gasteiger partial charge in [-0.15, -0.1) is 0 Å². The maximum absolute atomic E-state index is 12.6. The maximum atomic E-state index is 12.6. The summed E-state index contributed by atoms with van der Waals surface area (Å²) in [4.78, 5) is 24.6. The van der Waals surface area contributed by atoms with Gasteiger partial charge < -0.3 is 20.3 Å². The van der Waals surface area contributed by atoms with E-state index in [4.69, 9.17) is 4.74 Å². The van der Waals surface area contributed by atoms with Gasteiger partial charge in [0.05, 0.1) is 25.4 Å². The Morgan fingerprint density at radius 3 is 0.844 bits per heavy atom. The van der Waals surface area contributed by atoms with Crippen molar-refractivity contribution < 1.29 is 24.5 Å². The van der Waals surface area contributed by atoms with E-state index in [0.717, 1.165) is 44.9 Å². The quantitative estimate of drug-likeness (QED) is 0.0320. The van der Waals surface area contributed by atoms with Crippen LogP contribution in [0.3, 0.4) is 0 Å². The van der Waals surface area contributed by atoms with Crippen LogP contribution in [0.2, 0.25) is 0 Å². The van der Waals surface area contributed by atoms with Crippen LogP contribution in [0.1, 0.15) is 463 Å². The Kier molecular flexibility index (Phi) is 77.8. The molecule has 2 unspecified atom stereocenters. The zero-order valence-corrected chi connectivity index (χ0v) is 61.1. The predicted octanol–water partition coefficient (Wildman–Crippen LogP) is 27.4. The van der Waals surface area contributed by atoms with Gasteiger partial charge in [0.15, 0.2) is 0 Å². The van der Waals surface area contributed by atoms with Crippen LogP contribution in [0.5, 0.6) is 0 Å². The van der Waals surface area contributed by atoms with Gasteiger partial charge in [-0.2, -0.15) is 0 Å². The maximum Gasteiger partial charge on any atom is 0.305 e. The van der Waals surface area contributed by atoms with Crippen LogP contribution in [0.4, 0.5) is 0 Å². The lowest BCUT2D eigenvalue weighted by Crippen LogP contribution is -2.45. The van der Waals surface area contributed by atoms with E-state index in [9.17, 15) is 19.8 Å². The van der Waals surface area contributed by atoms with E-state index in [1.54, 1.807) is 6.08 Å². The summed E-state index contributed by atoms with van der Waals surface area (Å²) in [5.41, 5.74) is 0. The smallest absolute Gasteiger partial charge is 0.305 e. The van der Waals surface area contributed by atoms with Crippen molar-refractivity contribution in [2.75, 3.05) is 13.2 Å². The summed E-state index contributed by atoms with van der Waals surface area (Å²) in [6.07, 6.45) is 104. The Balaban J connectivity index is 3.39. The molecule has 0 aromatic carbocycles. The van der Waals surface area contributed by atoms with Crippen LogP contribution < -0.4 is 5.32 Å². The molecule has 532 valence electrons. The Morgan fingerprint density at radius 2 is 0.556 bits per heavy atom. The van der Waals surface area contributed by atoms with Crippen molar-refractivity contribution in [3.05, 3.63) is 36.5 Å². The predicted molar refractivity (Wildman–Crippen MR) is 398 cm³/mol. The average molecular weight is 1270 g/mol. The molecule has 0 aromatic heterocycles. The van der Waals surface area contributed by atoms with Gasteiger partial charge in [-0.25, -0.2) is 0 Å². The Labute approximate surface area is 564 Å². The number of unbranched alkanes of at least 4 members (excludes halogenated alkanes) is 63. The molecule has 0 aliphatic carbocycles. The first-order valence-electron chi connectivity index (χ1n) is 41.3. The summed E-state index contributed by atoms with van der Waals surface area (Å²) in [5.74, 6) is -0.0403. The number of carbonyl (C=O) groups is 2. The van der Waals surface area contributed by atoms with E-state index >= 15 is 0 Å². The molecule has 0 aliphatic rings. The number of hydrogen-bond acceptors (Lipinski definition) is 5. The monoisotopic (exact) mass is 1260 g/mol. The number of ether oxygens (including phenoxy) is 1. The fraction of sp³-hybridized carbons (Fsp3) is 0.905. The van der Waals surface area contributed by atoms with E-state index in [-0.39, 0.29) is 18.5 Å². The van der Waals surface area contributed by atoms with Crippen molar-refractivity contribution in [3.8, 4) is 0 Å². The fourth-order valence-electron chi connectivity index (χ4n) is 13.1. The van der Waals surface area contributed by atoms with E-state index in [0.29, 0.717) is 19.4 Å². The van der Waals surface area contributed by atoms with Crippen LogP contribution in [-0.4, -0.2) is 47.4 Å². The highest BCUT2D eigenvalue weighted by atomic mass is 16.5. The lowest BCUT2D eigenvalue weighted by molar-refractivity contribution is -0.143. The van der Waals surface area contributed by atoms with E-state index < -0.39 is 12.1 Å². The third kappa shape index (κ3) is 75.1. The van der Waals surface area contributed by atoms with E-state index in [1.807, 2.05) is 6.08 Å². The second-order valence-electron chi connectivity index (χ2n) is 28.5. The molecule has 0 fully saturated rings. The Morgan fingerprint density at radius 1 is 0.311 bits per heavy atom. The van der Waals surface area contributed by atoms with Gasteiger partial charge in [0, 0.05) is 12.8 Å². The van der Waals surface area contributed by atoms with E-state index in [1.165, 1.54) is 392 Å². The molecule has 0 heterocycles. The number of nitrogens with one attached hydrogen (secondary N) is 1. The lowest BCUT2D eigenvalue weighted by Gasteiger charge is -2.20. The van der Waals surface area contributed by atoms with Crippen LogP contribution in [0, 0.1) is 0 Å². The van der Waals surface area contributed by atoms with Crippen molar-refractivity contribution in [2.45, 2.75) is 475 Å². The number of carbonyl (C=O) groups excluding carboxylic acids is 2. The highest BCUT2D eigenvalue weighted by molar-refractivity contribution is 5.76. The molecule has 0 spiro atoms. The van der Waals surface area contributed by atoms with E-state index in [2.05, 4.69) is 43.5 Å². The number of esters is 1. The number of hydrogen-bond donors (Lipinski definition) is 3. The summed E-state index contributed by atoms with van der Waals surface area (Å²) in [5, 5.41) is 23.3. The Hall–Kier alpha value is -1.92. The van der Waals surface area contributed by atoms with Gasteiger partial charge in [0.1, 0.15) is 0 Å². The molecular formula is C84H161NO5. The molecule has 0 bridgehead atoms. The topological polar surface area (TPSA) is 95.9 Å². The first-order chi connectivity index (χ1) is 44.5. The molecule has 0 saturated heterocycles. The van der Waals surface area contributed by atoms with Crippen LogP contribution in [0.15, 0.2) is 36.5 Å². The van der Waals surface area contributed by atoms with Crippen LogP contribution in [-0.2, 0) is 14.3 Å². The molecule has 0 aromatic rings. The molecule has 0 saturated carbocycles.